The standard InChI is InChI=1S/C24H27N3O3S/c1-29-17-11-12-20(30-2)19(14-17)27-23(28)22-18-9-4-3-5-10-21(18)31-24(22)26-15-16-8-6-7-13-25-16/h6-8,11-14,26H,3-5,9-10,15H2,1-2H3,(H,27,28). The van der Waals surface area contributed by atoms with E-state index < -0.39 is 0 Å². The molecule has 3 aromatic rings. The molecule has 6 nitrogen and oxygen atoms in total. The zero-order chi connectivity index (χ0) is 21.6. The predicted octanol–water partition coefficient (Wildman–Crippen LogP) is 5.29. The summed E-state index contributed by atoms with van der Waals surface area (Å²) in [5, 5.41) is 7.42. The molecule has 0 saturated carbocycles. The first-order valence-corrected chi connectivity index (χ1v) is 11.3. The molecular formula is C24H27N3O3S. The Bertz CT molecular complexity index is 1050. The topological polar surface area (TPSA) is 72.5 Å². The molecule has 0 bridgehead atoms. The number of aryl methyl sites for hydroxylation is 1. The van der Waals surface area contributed by atoms with Gasteiger partial charge < -0.3 is 20.1 Å². The van der Waals surface area contributed by atoms with Gasteiger partial charge in [-0.2, -0.15) is 0 Å². The second kappa shape index (κ2) is 9.83. The molecule has 2 heterocycles. The monoisotopic (exact) mass is 437 g/mol. The number of carbonyl (C=O) groups excluding carboxylic acids is 1. The van der Waals surface area contributed by atoms with E-state index in [0.29, 0.717) is 23.7 Å². The molecule has 7 heteroatoms. The minimum atomic E-state index is -0.130. The van der Waals surface area contributed by atoms with Crippen LogP contribution in [-0.2, 0) is 19.4 Å². The van der Waals surface area contributed by atoms with Gasteiger partial charge in [0, 0.05) is 17.1 Å². The van der Waals surface area contributed by atoms with Gasteiger partial charge in [0.15, 0.2) is 0 Å². The molecule has 4 rings (SSSR count). The van der Waals surface area contributed by atoms with Crippen LogP contribution in [0.4, 0.5) is 10.7 Å². The lowest BCUT2D eigenvalue weighted by Gasteiger charge is -2.14. The van der Waals surface area contributed by atoms with Crippen molar-refractivity contribution < 1.29 is 14.3 Å². The van der Waals surface area contributed by atoms with Crippen LogP contribution in [0, 0.1) is 0 Å². The Kier molecular flexibility index (Phi) is 6.72. The Labute approximate surface area is 186 Å². The zero-order valence-electron chi connectivity index (χ0n) is 17.9. The molecule has 1 aromatic carbocycles. The lowest BCUT2D eigenvalue weighted by atomic mass is 10.0. The molecule has 0 unspecified atom stereocenters. The third kappa shape index (κ3) is 4.82. The highest BCUT2D eigenvalue weighted by molar-refractivity contribution is 7.16. The summed E-state index contributed by atoms with van der Waals surface area (Å²) < 4.78 is 10.8. The number of nitrogens with zero attached hydrogens (tertiary/aromatic N) is 1. The number of methoxy groups -OCH3 is 2. The Morgan fingerprint density at radius 2 is 1.97 bits per heavy atom. The maximum atomic E-state index is 13.5. The fraction of sp³-hybridized carbons (Fsp3) is 0.333. The fourth-order valence-corrected chi connectivity index (χ4v) is 5.16. The number of nitrogens with one attached hydrogen (secondary N) is 2. The number of fused-ring (bicyclic) bond motifs is 1. The lowest BCUT2D eigenvalue weighted by molar-refractivity contribution is 0.102. The summed E-state index contributed by atoms with van der Waals surface area (Å²) in [6.45, 7) is 0.572. The molecule has 0 aliphatic heterocycles. The molecule has 1 aliphatic rings. The van der Waals surface area contributed by atoms with Crippen LogP contribution in [0.5, 0.6) is 11.5 Å². The van der Waals surface area contributed by atoms with Crippen molar-refractivity contribution in [1.29, 1.82) is 0 Å². The van der Waals surface area contributed by atoms with Crippen molar-refractivity contribution in [2.75, 3.05) is 24.9 Å². The van der Waals surface area contributed by atoms with E-state index in [2.05, 4.69) is 15.6 Å². The van der Waals surface area contributed by atoms with Crippen molar-refractivity contribution in [1.82, 2.24) is 4.98 Å². The average molecular weight is 438 g/mol. The van der Waals surface area contributed by atoms with Gasteiger partial charge in [0.1, 0.15) is 16.5 Å². The van der Waals surface area contributed by atoms with E-state index in [4.69, 9.17) is 9.47 Å². The molecule has 0 atom stereocenters. The third-order valence-corrected chi connectivity index (χ3v) is 6.71. The van der Waals surface area contributed by atoms with Crippen LogP contribution in [0.15, 0.2) is 42.6 Å². The zero-order valence-corrected chi connectivity index (χ0v) is 18.7. The van der Waals surface area contributed by atoms with Crippen LogP contribution in [-0.4, -0.2) is 25.1 Å². The van der Waals surface area contributed by atoms with E-state index in [-0.39, 0.29) is 5.91 Å². The van der Waals surface area contributed by atoms with Crippen molar-refractivity contribution in [2.45, 2.75) is 38.6 Å². The first kappa shape index (κ1) is 21.2. The molecular weight excluding hydrogens is 410 g/mol. The van der Waals surface area contributed by atoms with Gasteiger partial charge in [-0.05, 0) is 55.5 Å². The largest absolute Gasteiger partial charge is 0.497 e. The summed E-state index contributed by atoms with van der Waals surface area (Å²) >= 11 is 1.70. The number of ether oxygens (including phenoxy) is 2. The van der Waals surface area contributed by atoms with Crippen LogP contribution in [0.25, 0.3) is 0 Å². The number of amides is 1. The van der Waals surface area contributed by atoms with Crippen molar-refractivity contribution in [3.05, 3.63) is 64.3 Å². The van der Waals surface area contributed by atoms with Gasteiger partial charge >= 0.3 is 0 Å². The summed E-state index contributed by atoms with van der Waals surface area (Å²) in [7, 11) is 3.19. The molecule has 2 aromatic heterocycles. The highest BCUT2D eigenvalue weighted by Gasteiger charge is 2.25. The molecule has 2 N–H and O–H groups in total. The molecule has 1 amide bonds. The van der Waals surface area contributed by atoms with E-state index >= 15 is 0 Å². The number of carbonyl (C=O) groups is 1. The van der Waals surface area contributed by atoms with Crippen LogP contribution in [0.3, 0.4) is 0 Å². The fourth-order valence-electron chi connectivity index (χ4n) is 3.88. The number of rotatable bonds is 7. The highest BCUT2D eigenvalue weighted by atomic mass is 32.1. The predicted molar refractivity (Wildman–Crippen MR) is 125 cm³/mol. The van der Waals surface area contributed by atoms with E-state index in [1.54, 1.807) is 43.9 Å². The SMILES string of the molecule is COc1ccc(OC)c(NC(=O)c2c(NCc3ccccn3)sc3c2CCCCC3)c1. The van der Waals surface area contributed by atoms with Gasteiger partial charge in [0.25, 0.3) is 5.91 Å². The maximum Gasteiger partial charge on any atom is 0.259 e. The van der Waals surface area contributed by atoms with E-state index in [0.717, 1.165) is 41.9 Å². The van der Waals surface area contributed by atoms with Gasteiger partial charge in [-0.1, -0.05) is 12.5 Å². The molecule has 0 spiro atoms. The first-order chi connectivity index (χ1) is 15.2. The summed E-state index contributed by atoms with van der Waals surface area (Å²) in [5.41, 5.74) is 3.44. The molecule has 31 heavy (non-hydrogen) atoms. The van der Waals surface area contributed by atoms with Crippen LogP contribution in [0.2, 0.25) is 0 Å². The second-order valence-corrected chi connectivity index (χ2v) is 8.57. The second-order valence-electron chi connectivity index (χ2n) is 7.46. The molecule has 162 valence electrons. The number of benzene rings is 1. The number of thiophene rings is 1. The Morgan fingerprint density at radius 3 is 2.74 bits per heavy atom. The number of pyridine rings is 1. The Hall–Kier alpha value is -3.06. The maximum absolute atomic E-state index is 13.5. The van der Waals surface area contributed by atoms with Crippen LogP contribution >= 0.6 is 11.3 Å². The van der Waals surface area contributed by atoms with Crippen molar-refractivity contribution in [3.8, 4) is 11.5 Å². The Morgan fingerprint density at radius 1 is 1.10 bits per heavy atom. The molecule has 1 aliphatic carbocycles. The van der Waals surface area contributed by atoms with Gasteiger partial charge in [-0.25, -0.2) is 0 Å². The van der Waals surface area contributed by atoms with Crippen LogP contribution < -0.4 is 20.1 Å². The normalized spacial score (nSPS) is 13.1. The minimum absolute atomic E-state index is 0.130. The van der Waals surface area contributed by atoms with Crippen LogP contribution in [0.1, 0.15) is 45.8 Å². The van der Waals surface area contributed by atoms with Crippen molar-refractivity contribution in [3.63, 3.8) is 0 Å². The molecule has 0 fully saturated rings. The summed E-state index contributed by atoms with van der Waals surface area (Å²) in [6, 6.07) is 11.2. The van der Waals surface area contributed by atoms with E-state index in [9.17, 15) is 4.79 Å². The number of aromatic nitrogens is 1. The summed E-state index contributed by atoms with van der Waals surface area (Å²) in [5.74, 6) is 1.13. The number of hydrogen-bond acceptors (Lipinski definition) is 6. The third-order valence-electron chi connectivity index (χ3n) is 5.46. The summed E-state index contributed by atoms with van der Waals surface area (Å²) in [4.78, 5) is 19.2. The number of hydrogen-bond donors (Lipinski definition) is 2. The van der Waals surface area contributed by atoms with Crippen molar-refractivity contribution in [2.24, 2.45) is 0 Å². The van der Waals surface area contributed by atoms with Gasteiger partial charge in [0.05, 0.1) is 37.7 Å². The quantitative estimate of drug-likeness (QED) is 0.491. The van der Waals surface area contributed by atoms with E-state index in [1.165, 1.54) is 16.9 Å². The summed E-state index contributed by atoms with van der Waals surface area (Å²) in [6.07, 6.45) is 7.19. The van der Waals surface area contributed by atoms with E-state index in [1.807, 2.05) is 24.3 Å². The van der Waals surface area contributed by atoms with Gasteiger partial charge in [0.2, 0.25) is 0 Å². The van der Waals surface area contributed by atoms with Gasteiger partial charge in [-0.3, -0.25) is 9.78 Å². The van der Waals surface area contributed by atoms with Gasteiger partial charge in [-0.15, -0.1) is 11.3 Å². The smallest absolute Gasteiger partial charge is 0.259 e. The highest BCUT2D eigenvalue weighted by Crippen LogP contribution is 2.39. The molecule has 0 saturated heterocycles. The Balaban J connectivity index is 1.65. The number of anilines is 2. The minimum Gasteiger partial charge on any atom is -0.497 e. The average Bonchev–Trinajstić information content (AvgIpc) is 2.99. The first-order valence-electron chi connectivity index (χ1n) is 10.5. The van der Waals surface area contributed by atoms with Crippen molar-refractivity contribution >= 4 is 27.9 Å². The molecule has 0 radical (unpaired) electrons. The lowest BCUT2D eigenvalue weighted by Crippen LogP contribution is -2.16.